The van der Waals surface area contributed by atoms with Gasteiger partial charge in [-0.25, -0.2) is 0 Å². The maximum Gasteiger partial charge on any atom is 0.234 e. The van der Waals surface area contributed by atoms with Gasteiger partial charge in [0.15, 0.2) is 0 Å². The van der Waals surface area contributed by atoms with Gasteiger partial charge >= 0.3 is 0 Å². The van der Waals surface area contributed by atoms with E-state index in [0.29, 0.717) is 23.9 Å². The second-order valence-corrected chi connectivity index (χ2v) is 5.35. The molecule has 0 spiro atoms. The highest BCUT2D eigenvalue weighted by Gasteiger charge is 2.16. The minimum Gasteiger partial charge on any atom is -0.354 e. The lowest BCUT2D eigenvalue weighted by molar-refractivity contribution is -0.120. The van der Waals surface area contributed by atoms with Gasteiger partial charge in [0.1, 0.15) is 0 Å². The minimum atomic E-state index is -0.0973. The predicted molar refractivity (Wildman–Crippen MR) is 80.3 cm³/mol. The molecule has 20 heavy (non-hydrogen) atoms. The molecule has 1 rings (SSSR count). The van der Waals surface area contributed by atoms with E-state index in [1.165, 1.54) is 0 Å². The first-order chi connectivity index (χ1) is 9.54. The average Bonchev–Trinajstić information content (AvgIpc) is 2.41. The zero-order valence-electron chi connectivity index (χ0n) is 11.8. The number of benzene rings is 1. The van der Waals surface area contributed by atoms with E-state index in [4.69, 9.17) is 16.9 Å². The van der Waals surface area contributed by atoms with Crippen LogP contribution in [-0.4, -0.2) is 19.0 Å². The number of carbonyl (C=O) groups excluding carboxylic acids is 1. The summed E-state index contributed by atoms with van der Waals surface area (Å²) in [5.41, 5.74) is 1.11. The Balaban J connectivity index is 2.54. The summed E-state index contributed by atoms with van der Waals surface area (Å²) in [7, 11) is 0. The van der Waals surface area contributed by atoms with Crippen molar-refractivity contribution in [2.75, 3.05) is 13.1 Å². The molecule has 0 heterocycles. The fourth-order valence-corrected chi connectivity index (χ4v) is 2.06. The van der Waals surface area contributed by atoms with Crippen LogP contribution in [0.3, 0.4) is 0 Å². The topological polar surface area (TPSA) is 64.9 Å². The maximum atomic E-state index is 11.6. The molecule has 1 atom stereocenters. The molecule has 0 fully saturated rings. The molecule has 0 saturated carbocycles. The van der Waals surface area contributed by atoms with E-state index in [1.807, 2.05) is 30.3 Å². The highest BCUT2D eigenvalue weighted by atomic mass is 35.5. The predicted octanol–water partition coefficient (Wildman–Crippen LogP) is 2.66. The van der Waals surface area contributed by atoms with Gasteiger partial charge in [-0.3, -0.25) is 4.79 Å². The third-order valence-corrected chi connectivity index (χ3v) is 3.19. The monoisotopic (exact) mass is 293 g/mol. The summed E-state index contributed by atoms with van der Waals surface area (Å²) in [6.45, 7) is 4.82. The van der Waals surface area contributed by atoms with E-state index in [1.54, 1.807) is 0 Å². The van der Waals surface area contributed by atoms with E-state index >= 15 is 0 Å². The first kappa shape index (κ1) is 16.5. The molecule has 0 radical (unpaired) electrons. The Kier molecular flexibility index (Phi) is 7.06. The van der Waals surface area contributed by atoms with E-state index in [-0.39, 0.29) is 18.5 Å². The van der Waals surface area contributed by atoms with Crippen molar-refractivity contribution in [3.63, 3.8) is 0 Å². The van der Waals surface area contributed by atoms with Crippen molar-refractivity contribution >= 4 is 17.5 Å². The van der Waals surface area contributed by atoms with Gasteiger partial charge in [-0.1, -0.05) is 37.6 Å². The lowest BCUT2D eigenvalue weighted by atomic mass is 9.96. The van der Waals surface area contributed by atoms with Gasteiger partial charge in [-0.15, -0.1) is 0 Å². The van der Waals surface area contributed by atoms with Gasteiger partial charge in [-0.05, 0) is 23.6 Å². The van der Waals surface area contributed by atoms with Crippen LogP contribution in [0.25, 0.3) is 0 Å². The minimum absolute atomic E-state index is 0.0917. The number of hydrogen-bond acceptors (Lipinski definition) is 3. The van der Waals surface area contributed by atoms with Crippen LogP contribution in [0.4, 0.5) is 0 Å². The van der Waals surface area contributed by atoms with E-state index in [0.717, 1.165) is 5.56 Å². The average molecular weight is 294 g/mol. The number of nitriles is 1. The third kappa shape index (κ3) is 5.60. The van der Waals surface area contributed by atoms with E-state index in [9.17, 15) is 4.79 Å². The van der Waals surface area contributed by atoms with Crippen LogP contribution < -0.4 is 10.6 Å². The Morgan fingerprint density at radius 2 is 2.00 bits per heavy atom. The second-order valence-electron chi connectivity index (χ2n) is 4.91. The van der Waals surface area contributed by atoms with Crippen molar-refractivity contribution in [1.82, 2.24) is 10.6 Å². The highest BCUT2D eigenvalue weighted by Crippen LogP contribution is 2.22. The summed E-state index contributed by atoms with van der Waals surface area (Å²) in [4.78, 5) is 11.6. The largest absolute Gasteiger partial charge is 0.354 e. The fourth-order valence-electron chi connectivity index (χ4n) is 1.93. The Labute approximate surface area is 125 Å². The van der Waals surface area contributed by atoms with Crippen LogP contribution in [0.15, 0.2) is 24.3 Å². The summed E-state index contributed by atoms with van der Waals surface area (Å²) in [6, 6.07) is 9.71. The lowest BCUT2D eigenvalue weighted by Crippen LogP contribution is -2.37. The number of nitrogens with zero attached hydrogens (tertiary/aromatic N) is 1. The molecular weight excluding hydrogens is 274 g/mol. The summed E-state index contributed by atoms with van der Waals surface area (Å²) in [5.74, 6) is 0.253. The van der Waals surface area contributed by atoms with E-state index in [2.05, 4.69) is 24.5 Å². The van der Waals surface area contributed by atoms with Gasteiger partial charge in [0, 0.05) is 17.6 Å². The van der Waals surface area contributed by atoms with Crippen molar-refractivity contribution in [3.05, 3.63) is 34.9 Å². The Morgan fingerprint density at radius 3 is 2.55 bits per heavy atom. The molecule has 2 N–H and O–H groups in total. The van der Waals surface area contributed by atoms with Crippen LogP contribution in [0, 0.1) is 17.2 Å². The first-order valence-corrected chi connectivity index (χ1v) is 7.05. The van der Waals surface area contributed by atoms with Crippen molar-refractivity contribution in [1.29, 1.82) is 5.26 Å². The maximum absolute atomic E-state index is 11.6. The summed E-state index contributed by atoms with van der Waals surface area (Å²) >= 11 is 5.88. The van der Waals surface area contributed by atoms with Crippen LogP contribution >= 0.6 is 11.6 Å². The van der Waals surface area contributed by atoms with Crippen LogP contribution in [0.5, 0.6) is 0 Å². The van der Waals surface area contributed by atoms with Crippen LogP contribution in [0.2, 0.25) is 5.02 Å². The Morgan fingerprint density at radius 1 is 1.35 bits per heavy atom. The van der Waals surface area contributed by atoms with Gasteiger partial charge < -0.3 is 10.6 Å². The van der Waals surface area contributed by atoms with Crippen molar-refractivity contribution in [2.45, 2.75) is 26.3 Å². The molecule has 4 nitrogen and oxygen atoms in total. The van der Waals surface area contributed by atoms with Crippen molar-refractivity contribution < 1.29 is 4.79 Å². The lowest BCUT2D eigenvalue weighted by Gasteiger charge is -2.22. The molecule has 0 bridgehead atoms. The SMILES string of the molecule is CC(C)[C@@H](NCC(=O)NCCC#N)c1ccc(Cl)cc1. The highest BCUT2D eigenvalue weighted by molar-refractivity contribution is 6.30. The molecular formula is C15H20ClN3O. The first-order valence-electron chi connectivity index (χ1n) is 6.67. The zero-order chi connectivity index (χ0) is 15.0. The molecule has 0 aliphatic rings. The summed E-state index contributed by atoms with van der Waals surface area (Å²) < 4.78 is 0. The molecule has 0 aliphatic heterocycles. The molecule has 1 aromatic carbocycles. The van der Waals surface area contributed by atoms with Gasteiger partial charge in [0.05, 0.1) is 19.0 Å². The standard InChI is InChI=1S/C15H20ClN3O/c1-11(2)15(12-4-6-13(16)7-5-12)19-10-14(20)18-9-3-8-17/h4-7,11,15,19H,3,9-10H2,1-2H3,(H,18,20)/t15-/m1/s1. The number of carbonyl (C=O) groups is 1. The Bertz CT molecular complexity index is 465. The molecule has 1 aromatic rings. The number of halogens is 1. The van der Waals surface area contributed by atoms with Crippen molar-refractivity contribution in [3.8, 4) is 6.07 Å². The molecule has 0 saturated heterocycles. The zero-order valence-corrected chi connectivity index (χ0v) is 12.6. The third-order valence-electron chi connectivity index (χ3n) is 2.94. The normalized spacial score (nSPS) is 11.9. The van der Waals surface area contributed by atoms with E-state index < -0.39 is 0 Å². The smallest absolute Gasteiger partial charge is 0.234 e. The molecule has 0 aromatic heterocycles. The van der Waals surface area contributed by atoms with Gasteiger partial charge in [0.2, 0.25) is 5.91 Å². The molecule has 0 aliphatic carbocycles. The molecule has 108 valence electrons. The van der Waals surface area contributed by atoms with Gasteiger partial charge in [-0.2, -0.15) is 5.26 Å². The molecule has 0 unspecified atom stereocenters. The number of amides is 1. The van der Waals surface area contributed by atoms with Gasteiger partial charge in [0.25, 0.3) is 0 Å². The molecule has 5 heteroatoms. The van der Waals surface area contributed by atoms with Crippen LogP contribution in [-0.2, 0) is 4.79 Å². The number of rotatable bonds is 7. The summed E-state index contributed by atoms with van der Waals surface area (Å²) in [5, 5.41) is 15.0. The van der Waals surface area contributed by atoms with Crippen LogP contribution in [0.1, 0.15) is 31.9 Å². The quantitative estimate of drug-likeness (QED) is 0.760. The molecule has 1 amide bonds. The van der Waals surface area contributed by atoms with Crippen molar-refractivity contribution in [2.24, 2.45) is 5.92 Å². The number of hydrogen-bond donors (Lipinski definition) is 2. The fraction of sp³-hybridized carbons (Fsp3) is 0.467. The summed E-state index contributed by atoms with van der Waals surface area (Å²) in [6.07, 6.45) is 0.330. The number of nitrogens with one attached hydrogen (secondary N) is 2. The Hall–Kier alpha value is -1.57. The second kappa shape index (κ2) is 8.57.